The summed E-state index contributed by atoms with van der Waals surface area (Å²) in [7, 11) is 0. The molecule has 3 heteroatoms. The van der Waals surface area contributed by atoms with Crippen LogP contribution in [0, 0.1) is 23.2 Å². The topological polar surface area (TPSA) is 44.1 Å². The Morgan fingerprint density at radius 1 is 1.53 bits per heavy atom. The van der Waals surface area contributed by atoms with Crippen LogP contribution in [-0.4, -0.2) is 23.4 Å². The molecule has 0 N–H and O–H groups in total. The average Bonchev–Trinajstić information content (AvgIpc) is 2.97. The van der Waals surface area contributed by atoms with Crippen LogP contribution in [0.5, 0.6) is 0 Å². The van der Waals surface area contributed by atoms with E-state index in [2.05, 4.69) is 13.0 Å². The summed E-state index contributed by atoms with van der Waals surface area (Å²) < 4.78 is 0. The molecule has 0 spiro atoms. The van der Waals surface area contributed by atoms with Crippen molar-refractivity contribution in [1.82, 2.24) is 4.90 Å². The molecule has 15 heavy (non-hydrogen) atoms. The lowest BCUT2D eigenvalue weighted by atomic mass is 9.96. The van der Waals surface area contributed by atoms with E-state index in [0.29, 0.717) is 6.04 Å². The molecular formula is C12H20N2O. The molecule has 0 radical (unpaired) electrons. The third kappa shape index (κ3) is 2.95. The number of nitrogens with zero attached hydrogens (tertiary/aromatic N) is 2. The third-order valence-electron chi connectivity index (χ3n) is 2.81. The van der Waals surface area contributed by atoms with Gasteiger partial charge in [-0.3, -0.25) is 4.79 Å². The second-order valence-corrected chi connectivity index (χ2v) is 4.61. The molecule has 0 aromatic carbocycles. The Kier molecular flexibility index (Phi) is 4.14. The summed E-state index contributed by atoms with van der Waals surface area (Å²) in [5.74, 6) is -0.311. The minimum atomic E-state index is -0.461. The summed E-state index contributed by atoms with van der Waals surface area (Å²) in [6, 6.07) is 2.55. The molecule has 1 aliphatic rings. The van der Waals surface area contributed by atoms with Gasteiger partial charge in [-0.25, -0.2) is 0 Å². The minimum Gasteiger partial charge on any atom is -0.339 e. The van der Waals surface area contributed by atoms with Crippen LogP contribution >= 0.6 is 0 Å². The number of carbonyl (C=O) groups excluding carboxylic acids is 1. The summed E-state index contributed by atoms with van der Waals surface area (Å²) in [5, 5.41) is 8.99. The molecule has 0 aliphatic heterocycles. The second-order valence-electron chi connectivity index (χ2n) is 4.61. The zero-order valence-electron chi connectivity index (χ0n) is 9.86. The molecule has 0 bridgehead atoms. The van der Waals surface area contributed by atoms with Crippen LogP contribution < -0.4 is 0 Å². The number of rotatable bonds is 5. The molecular weight excluding hydrogens is 188 g/mol. The van der Waals surface area contributed by atoms with Crippen LogP contribution in [0.15, 0.2) is 0 Å². The van der Waals surface area contributed by atoms with Gasteiger partial charge in [-0.1, -0.05) is 20.8 Å². The van der Waals surface area contributed by atoms with E-state index in [4.69, 9.17) is 5.26 Å². The van der Waals surface area contributed by atoms with E-state index < -0.39 is 5.92 Å². The summed E-state index contributed by atoms with van der Waals surface area (Å²) in [6.45, 7) is 6.74. The largest absolute Gasteiger partial charge is 0.339 e. The first-order valence-electron chi connectivity index (χ1n) is 5.81. The Morgan fingerprint density at radius 3 is 2.47 bits per heavy atom. The molecule has 1 unspecified atom stereocenters. The van der Waals surface area contributed by atoms with Crippen LogP contribution in [-0.2, 0) is 4.79 Å². The van der Waals surface area contributed by atoms with E-state index in [1.807, 2.05) is 18.7 Å². The van der Waals surface area contributed by atoms with Crippen LogP contribution in [0.4, 0.5) is 0 Å². The van der Waals surface area contributed by atoms with Gasteiger partial charge in [0.25, 0.3) is 0 Å². The Balaban J connectivity index is 2.66. The van der Waals surface area contributed by atoms with E-state index >= 15 is 0 Å². The zero-order chi connectivity index (χ0) is 11.4. The molecule has 1 aliphatic carbocycles. The van der Waals surface area contributed by atoms with Crippen molar-refractivity contribution in [3.63, 3.8) is 0 Å². The first-order valence-corrected chi connectivity index (χ1v) is 5.81. The molecule has 1 amide bonds. The SMILES string of the molecule is CCCN(C(=O)C(C#N)C(C)C)C1CC1. The van der Waals surface area contributed by atoms with Gasteiger partial charge < -0.3 is 4.90 Å². The maximum atomic E-state index is 12.1. The highest BCUT2D eigenvalue weighted by Crippen LogP contribution is 2.29. The molecule has 1 atom stereocenters. The van der Waals surface area contributed by atoms with Gasteiger partial charge in [0.1, 0.15) is 5.92 Å². The van der Waals surface area contributed by atoms with E-state index in [1.54, 1.807) is 0 Å². The van der Waals surface area contributed by atoms with Crippen LogP contribution in [0.2, 0.25) is 0 Å². The second kappa shape index (κ2) is 5.16. The molecule has 1 rings (SSSR count). The third-order valence-corrected chi connectivity index (χ3v) is 2.81. The van der Waals surface area contributed by atoms with Crippen molar-refractivity contribution >= 4 is 5.91 Å². The van der Waals surface area contributed by atoms with Crippen LogP contribution in [0.1, 0.15) is 40.0 Å². The fourth-order valence-electron chi connectivity index (χ4n) is 1.77. The molecule has 3 nitrogen and oxygen atoms in total. The quantitative estimate of drug-likeness (QED) is 0.695. The maximum Gasteiger partial charge on any atom is 0.240 e. The predicted molar refractivity (Wildman–Crippen MR) is 59.0 cm³/mol. The Hall–Kier alpha value is -1.04. The van der Waals surface area contributed by atoms with Gasteiger partial charge >= 0.3 is 0 Å². The van der Waals surface area contributed by atoms with Crippen molar-refractivity contribution in [2.75, 3.05) is 6.54 Å². The van der Waals surface area contributed by atoms with Crippen LogP contribution in [0.3, 0.4) is 0 Å². The van der Waals surface area contributed by atoms with Crippen molar-refractivity contribution in [3.8, 4) is 6.07 Å². The van der Waals surface area contributed by atoms with E-state index in [1.165, 1.54) is 0 Å². The van der Waals surface area contributed by atoms with Gasteiger partial charge in [-0.2, -0.15) is 5.26 Å². The average molecular weight is 208 g/mol. The summed E-state index contributed by atoms with van der Waals surface area (Å²) in [6.07, 6.45) is 3.20. The van der Waals surface area contributed by atoms with Crippen molar-refractivity contribution in [2.24, 2.45) is 11.8 Å². The first-order chi connectivity index (χ1) is 7.11. The predicted octanol–water partition coefficient (Wildman–Crippen LogP) is 2.18. The van der Waals surface area contributed by atoms with Gasteiger partial charge in [-0.15, -0.1) is 0 Å². The zero-order valence-corrected chi connectivity index (χ0v) is 9.86. The van der Waals surface area contributed by atoms with Crippen LogP contribution in [0.25, 0.3) is 0 Å². The minimum absolute atomic E-state index is 0.0388. The van der Waals surface area contributed by atoms with Gasteiger partial charge in [0.15, 0.2) is 0 Å². The molecule has 0 saturated heterocycles. The lowest BCUT2D eigenvalue weighted by molar-refractivity contribution is -0.135. The Morgan fingerprint density at radius 2 is 2.13 bits per heavy atom. The monoisotopic (exact) mass is 208 g/mol. The smallest absolute Gasteiger partial charge is 0.240 e. The number of hydrogen-bond donors (Lipinski definition) is 0. The van der Waals surface area contributed by atoms with E-state index in [-0.39, 0.29) is 11.8 Å². The van der Waals surface area contributed by atoms with Crippen molar-refractivity contribution in [1.29, 1.82) is 5.26 Å². The summed E-state index contributed by atoms with van der Waals surface area (Å²) in [5.41, 5.74) is 0. The fraction of sp³-hybridized carbons (Fsp3) is 0.833. The lowest BCUT2D eigenvalue weighted by Crippen LogP contribution is -2.39. The standard InChI is InChI=1S/C12H20N2O/c1-4-7-14(10-5-6-10)12(15)11(8-13)9(2)3/h9-11H,4-7H2,1-3H3. The Bertz CT molecular complexity index is 263. The van der Waals surface area contributed by atoms with Gasteiger partial charge in [0.2, 0.25) is 5.91 Å². The van der Waals surface area contributed by atoms with E-state index in [0.717, 1.165) is 25.8 Å². The molecule has 84 valence electrons. The summed E-state index contributed by atoms with van der Waals surface area (Å²) >= 11 is 0. The van der Waals surface area contributed by atoms with Gasteiger partial charge in [0, 0.05) is 12.6 Å². The first kappa shape index (κ1) is 12.0. The molecule has 0 aromatic heterocycles. The van der Waals surface area contributed by atoms with Crippen molar-refractivity contribution in [2.45, 2.75) is 46.1 Å². The number of hydrogen-bond acceptors (Lipinski definition) is 2. The highest BCUT2D eigenvalue weighted by atomic mass is 16.2. The van der Waals surface area contributed by atoms with Crippen molar-refractivity contribution < 1.29 is 4.79 Å². The fourth-order valence-corrected chi connectivity index (χ4v) is 1.77. The molecule has 0 aromatic rings. The van der Waals surface area contributed by atoms with Crippen molar-refractivity contribution in [3.05, 3.63) is 0 Å². The lowest BCUT2D eigenvalue weighted by Gasteiger charge is -2.25. The summed E-state index contributed by atoms with van der Waals surface area (Å²) in [4.78, 5) is 14.0. The normalized spacial score (nSPS) is 17.3. The molecule has 0 heterocycles. The van der Waals surface area contributed by atoms with Gasteiger partial charge in [0.05, 0.1) is 6.07 Å². The highest BCUT2D eigenvalue weighted by Gasteiger charge is 2.36. The number of carbonyl (C=O) groups is 1. The molecule has 1 fully saturated rings. The number of amides is 1. The molecule has 1 saturated carbocycles. The number of nitriles is 1. The maximum absolute atomic E-state index is 12.1. The Labute approximate surface area is 92.1 Å². The highest BCUT2D eigenvalue weighted by molar-refractivity contribution is 5.82. The van der Waals surface area contributed by atoms with E-state index in [9.17, 15) is 4.79 Å². The van der Waals surface area contributed by atoms with Gasteiger partial charge in [-0.05, 0) is 25.2 Å².